The van der Waals surface area contributed by atoms with Crippen LogP contribution in [0.15, 0.2) is 52.2 Å². The van der Waals surface area contributed by atoms with Crippen molar-refractivity contribution < 1.29 is 0 Å². The number of aromatic nitrogens is 2. The lowest BCUT2D eigenvalue weighted by atomic mass is 9.88. The molecule has 3 heterocycles. The highest BCUT2D eigenvalue weighted by Crippen LogP contribution is 2.25. The topological polar surface area (TPSA) is 42.5 Å². The fourth-order valence-corrected chi connectivity index (χ4v) is 2.30. The maximum atomic E-state index is 4.31. The number of aliphatic imine (C=N–C) groups is 2. The van der Waals surface area contributed by atoms with Crippen molar-refractivity contribution in [2.75, 3.05) is 13.1 Å². The van der Waals surface area contributed by atoms with Crippen LogP contribution in [0.3, 0.4) is 0 Å². The van der Waals surface area contributed by atoms with Gasteiger partial charge in [-0.1, -0.05) is 76.0 Å². The summed E-state index contributed by atoms with van der Waals surface area (Å²) in [5.41, 5.74) is 3.12. The fourth-order valence-electron chi connectivity index (χ4n) is 2.30. The van der Waals surface area contributed by atoms with Gasteiger partial charge in [0, 0.05) is 35.8 Å². The third-order valence-electron chi connectivity index (χ3n) is 3.98. The van der Waals surface area contributed by atoms with Crippen LogP contribution in [0.1, 0.15) is 83.7 Å². The van der Waals surface area contributed by atoms with E-state index >= 15 is 0 Å². The molecule has 0 saturated carbocycles. The Labute approximate surface area is 181 Å². The first kappa shape index (κ1) is 31.7. The van der Waals surface area contributed by atoms with E-state index in [-0.39, 0.29) is 27.7 Å². The van der Waals surface area contributed by atoms with Crippen molar-refractivity contribution in [2.24, 2.45) is 20.8 Å². The lowest BCUT2D eigenvalue weighted by molar-refractivity contribution is 0.527. The van der Waals surface area contributed by atoms with E-state index in [1.807, 2.05) is 23.2 Å². The minimum atomic E-state index is 0. The standard InChI is InChI=1S/2C8H13N.C6H10N2.3CH4/c1-8(2,3)7-4-5-9-6-7;1-8(2,3)7-5-4-6-9-7;1-6(2)8-5-3-4-7-8;;;/h4,6H,5H2,1-3H3;4-5H,6H2,1-3H3;3-6H,1-2H3;3*1H4. The number of rotatable bonds is 1. The summed E-state index contributed by atoms with van der Waals surface area (Å²) in [5, 5.41) is 4.03. The Balaban J connectivity index is -0.000000333. The normalized spacial score (nSPS) is 14.2. The van der Waals surface area contributed by atoms with E-state index in [0.717, 1.165) is 13.1 Å². The SMILES string of the molecule is C.C.C.CC(C)(C)C1=CCN=C1.CC(C)(C)C1=NCC=C1.CC(C)n1cccn1. The number of nitrogens with zero attached hydrogens (tertiary/aromatic N) is 4. The molecule has 0 spiro atoms. The Hall–Kier alpha value is -1.97. The van der Waals surface area contributed by atoms with Gasteiger partial charge in [-0.3, -0.25) is 14.7 Å². The third kappa shape index (κ3) is 12.2. The number of allylic oxidation sites excluding steroid dienone is 2. The average molecular weight is 405 g/mol. The molecule has 0 unspecified atom stereocenters. The molecule has 1 aromatic heterocycles. The Morgan fingerprint density at radius 1 is 0.931 bits per heavy atom. The lowest BCUT2D eigenvalue weighted by Gasteiger charge is -2.16. The number of hydrogen-bond donors (Lipinski definition) is 0. The zero-order valence-electron chi connectivity index (χ0n) is 17.8. The molecule has 0 N–H and O–H groups in total. The molecule has 0 amide bonds. The van der Waals surface area contributed by atoms with Crippen molar-refractivity contribution in [1.82, 2.24) is 9.78 Å². The molecule has 0 saturated heterocycles. The van der Waals surface area contributed by atoms with Gasteiger partial charge in [0.05, 0.1) is 13.1 Å². The molecule has 0 aromatic carbocycles. The maximum absolute atomic E-state index is 4.31. The van der Waals surface area contributed by atoms with Gasteiger partial charge in [-0.15, -0.1) is 0 Å². The summed E-state index contributed by atoms with van der Waals surface area (Å²) in [6.45, 7) is 19.1. The van der Waals surface area contributed by atoms with E-state index in [0.29, 0.717) is 11.5 Å². The second-order valence-corrected chi connectivity index (χ2v) is 8.86. The Morgan fingerprint density at radius 3 is 1.76 bits per heavy atom. The van der Waals surface area contributed by atoms with Crippen molar-refractivity contribution in [3.05, 3.63) is 42.3 Å². The smallest absolute Gasteiger partial charge is 0.0577 e. The zero-order valence-corrected chi connectivity index (χ0v) is 17.8. The maximum Gasteiger partial charge on any atom is 0.0577 e. The molecule has 0 atom stereocenters. The molecule has 3 rings (SSSR count). The Morgan fingerprint density at radius 2 is 1.55 bits per heavy atom. The van der Waals surface area contributed by atoms with Gasteiger partial charge in [-0.05, 0) is 37.0 Å². The monoisotopic (exact) mass is 404 g/mol. The molecule has 4 nitrogen and oxygen atoms in total. The van der Waals surface area contributed by atoms with Crippen molar-refractivity contribution in [2.45, 2.75) is 83.7 Å². The van der Waals surface area contributed by atoms with E-state index in [1.165, 1.54) is 11.3 Å². The van der Waals surface area contributed by atoms with Crippen molar-refractivity contribution in [3.8, 4) is 0 Å². The van der Waals surface area contributed by atoms with Crippen LogP contribution in [0.25, 0.3) is 0 Å². The van der Waals surface area contributed by atoms with E-state index < -0.39 is 0 Å². The summed E-state index contributed by atoms with van der Waals surface area (Å²) < 4.78 is 1.92. The summed E-state index contributed by atoms with van der Waals surface area (Å²) >= 11 is 0. The second kappa shape index (κ2) is 14.1. The van der Waals surface area contributed by atoms with Gasteiger partial charge in [-0.2, -0.15) is 5.10 Å². The molecule has 0 bridgehead atoms. The molecule has 168 valence electrons. The van der Waals surface area contributed by atoms with Crippen molar-refractivity contribution >= 4 is 11.9 Å². The molecule has 0 fully saturated rings. The summed E-state index contributed by atoms with van der Waals surface area (Å²) in [7, 11) is 0. The molecule has 4 heteroatoms. The highest BCUT2D eigenvalue weighted by atomic mass is 15.3. The van der Waals surface area contributed by atoms with Crippen LogP contribution in [0.4, 0.5) is 0 Å². The van der Waals surface area contributed by atoms with E-state index in [4.69, 9.17) is 0 Å². The summed E-state index contributed by atoms with van der Waals surface area (Å²) in [6, 6.07) is 2.42. The fraction of sp³-hybridized carbons (Fsp3) is 0.640. The predicted molar refractivity (Wildman–Crippen MR) is 135 cm³/mol. The first-order chi connectivity index (χ1) is 12.0. The zero-order chi connectivity index (χ0) is 19.8. The minimum Gasteiger partial charge on any atom is -0.289 e. The van der Waals surface area contributed by atoms with Crippen LogP contribution in [-0.4, -0.2) is 34.8 Å². The highest BCUT2D eigenvalue weighted by Gasteiger charge is 2.17. The van der Waals surface area contributed by atoms with E-state index in [1.54, 1.807) is 6.20 Å². The molecule has 1 aromatic rings. The molecular weight excluding hydrogens is 356 g/mol. The summed E-state index contributed by atoms with van der Waals surface area (Å²) in [4.78, 5) is 8.43. The second-order valence-electron chi connectivity index (χ2n) is 8.86. The highest BCUT2D eigenvalue weighted by molar-refractivity contribution is 6.00. The molecule has 29 heavy (non-hydrogen) atoms. The molecule has 0 aliphatic carbocycles. The van der Waals surface area contributed by atoms with Crippen molar-refractivity contribution in [1.29, 1.82) is 0 Å². The van der Waals surface area contributed by atoms with E-state index in [2.05, 4.69) is 88.7 Å². The van der Waals surface area contributed by atoms with Gasteiger partial charge < -0.3 is 0 Å². The van der Waals surface area contributed by atoms with E-state index in [9.17, 15) is 0 Å². The number of hydrogen-bond acceptors (Lipinski definition) is 3. The average Bonchev–Trinajstić information content (AvgIpc) is 3.28. The molecule has 2 aliphatic rings. The summed E-state index contributed by atoms with van der Waals surface area (Å²) in [6.07, 6.45) is 12.1. The van der Waals surface area contributed by atoms with Gasteiger partial charge in [0.15, 0.2) is 0 Å². The van der Waals surface area contributed by atoms with Crippen LogP contribution in [0.2, 0.25) is 0 Å². The third-order valence-corrected chi connectivity index (χ3v) is 3.98. The van der Waals surface area contributed by atoms with Gasteiger partial charge in [0.25, 0.3) is 0 Å². The van der Waals surface area contributed by atoms with Crippen LogP contribution >= 0.6 is 0 Å². The van der Waals surface area contributed by atoms with Crippen LogP contribution < -0.4 is 0 Å². The van der Waals surface area contributed by atoms with Crippen molar-refractivity contribution in [3.63, 3.8) is 0 Å². The van der Waals surface area contributed by atoms with Gasteiger partial charge in [-0.25, -0.2) is 0 Å². The lowest BCUT2D eigenvalue weighted by Crippen LogP contribution is -2.16. The predicted octanol–water partition coefficient (Wildman–Crippen LogP) is 7.46. The largest absolute Gasteiger partial charge is 0.289 e. The molecule has 2 aliphatic heterocycles. The van der Waals surface area contributed by atoms with Gasteiger partial charge in [0.2, 0.25) is 0 Å². The first-order valence-corrected chi connectivity index (χ1v) is 9.43. The van der Waals surface area contributed by atoms with Crippen LogP contribution in [0.5, 0.6) is 0 Å². The quantitative estimate of drug-likeness (QED) is 0.479. The first-order valence-electron chi connectivity index (χ1n) is 9.43. The molecule has 0 radical (unpaired) electrons. The Bertz CT molecular complexity index is 606. The molecular formula is C25H48N4. The van der Waals surface area contributed by atoms with Gasteiger partial charge >= 0.3 is 0 Å². The Kier molecular flexibility index (Phi) is 15.4. The summed E-state index contributed by atoms with van der Waals surface area (Å²) in [5.74, 6) is 0. The van der Waals surface area contributed by atoms with Crippen LogP contribution in [0, 0.1) is 10.8 Å². The minimum absolute atomic E-state index is 0. The van der Waals surface area contributed by atoms with Crippen LogP contribution in [-0.2, 0) is 0 Å². The van der Waals surface area contributed by atoms with Gasteiger partial charge in [0.1, 0.15) is 0 Å².